The lowest BCUT2D eigenvalue weighted by atomic mass is 10.1. The Kier molecular flexibility index (Phi) is 3.39. The molecule has 4 nitrogen and oxygen atoms in total. The maximum atomic E-state index is 13.2. The molecule has 0 aliphatic carbocycles. The number of nitrogens with zero attached hydrogens (tertiary/aromatic N) is 2. The van der Waals surface area contributed by atoms with Crippen molar-refractivity contribution in [2.45, 2.75) is 6.54 Å². The Bertz CT molecular complexity index is 780. The third-order valence-corrected chi connectivity index (χ3v) is 3.68. The number of carbonyl (C=O) groups is 2. The van der Waals surface area contributed by atoms with Gasteiger partial charge in [0.05, 0.1) is 28.5 Å². The first kappa shape index (κ1) is 14.0. The fourth-order valence-electron chi connectivity index (χ4n) is 2.15. The molecular formula is C14H7Cl2FN2O2. The van der Waals surface area contributed by atoms with Gasteiger partial charge in [0.25, 0.3) is 11.7 Å². The van der Waals surface area contributed by atoms with Crippen LogP contribution in [-0.2, 0) is 11.3 Å². The SMILES string of the molecule is O=C1C(=O)N(Cc2nc(Cl)ccc2Cl)c2ccc(F)cc21. The number of aromatic nitrogens is 1. The average molecular weight is 325 g/mol. The van der Waals surface area contributed by atoms with Crippen molar-refractivity contribution in [1.29, 1.82) is 0 Å². The lowest BCUT2D eigenvalue weighted by molar-refractivity contribution is -0.114. The molecule has 0 saturated carbocycles. The second-order valence-electron chi connectivity index (χ2n) is 4.44. The largest absolute Gasteiger partial charge is 0.299 e. The first-order valence-corrected chi connectivity index (χ1v) is 6.69. The standard InChI is InChI=1S/C14H7Cl2FN2O2/c15-9-2-4-12(16)18-10(9)6-19-11-3-1-7(17)5-8(11)13(20)14(19)21/h1-5H,6H2. The Morgan fingerprint density at radius 3 is 2.67 bits per heavy atom. The van der Waals surface area contributed by atoms with Crippen LogP contribution in [0.1, 0.15) is 16.1 Å². The van der Waals surface area contributed by atoms with Crippen molar-refractivity contribution in [2.75, 3.05) is 4.90 Å². The van der Waals surface area contributed by atoms with Crippen molar-refractivity contribution < 1.29 is 14.0 Å². The first-order chi connectivity index (χ1) is 9.97. The van der Waals surface area contributed by atoms with Gasteiger partial charge in [0, 0.05) is 0 Å². The predicted molar refractivity (Wildman–Crippen MR) is 76.2 cm³/mol. The highest BCUT2D eigenvalue weighted by molar-refractivity contribution is 6.52. The van der Waals surface area contributed by atoms with E-state index in [1.165, 1.54) is 23.1 Å². The number of pyridine rings is 1. The van der Waals surface area contributed by atoms with E-state index < -0.39 is 17.5 Å². The van der Waals surface area contributed by atoms with Crippen molar-refractivity contribution in [3.8, 4) is 0 Å². The van der Waals surface area contributed by atoms with Crippen molar-refractivity contribution in [3.63, 3.8) is 0 Å². The molecule has 3 rings (SSSR count). The van der Waals surface area contributed by atoms with Crippen LogP contribution in [0.2, 0.25) is 10.2 Å². The van der Waals surface area contributed by atoms with Crippen molar-refractivity contribution in [3.05, 3.63) is 57.6 Å². The highest BCUT2D eigenvalue weighted by Gasteiger charge is 2.36. The van der Waals surface area contributed by atoms with Gasteiger partial charge in [-0.15, -0.1) is 0 Å². The van der Waals surface area contributed by atoms with Crippen LogP contribution in [0.3, 0.4) is 0 Å². The number of ketones is 1. The number of carbonyl (C=O) groups excluding carboxylic acids is 2. The molecule has 0 bridgehead atoms. The number of Topliss-reactive ketones (excluding diaryl/α,β-unsaturated/α-hetero) is 1. The number of anilines is 1. The van der Waals surface area contributed by atoms with Gasteiger partial charge in [0.15, 0.2) is 0 Å². The summed E-state index contributed by atoms with van der Waals surface area (Å²) in [6.45, 7) is -0.0113. The summed E-state index contributed by atoms with van der Waals surface area (Å²) in [5.41, 5.74) is 0.741. The molecule has 1 aliphatic heterocycles. The molecule has 1 aliphatic rings. The number of halogens is 3. The number of amides is 1. The summed E-state index contributed by atoms with van der Waals surface area (Å²) in [6.07, 6.45) is 0. The molecule has 1 amide bonds. The minimum Gasteiger partial charge on any atom is -0.299 e. The molecule has 1 aromatic carbocycles. The molecule has 0 radical (unpaired) electrons. The zero-order valence-corrected chi connectivity index (χ0v) is 12.0. The molecule has 2 aromatic rings. The van der Waals surface area contributed by atoms with Crippen molar-refractivity contribution in [2.24, 2.45) is 0 Å². The van der Waals surface area contributed by atoms with Crippen LogP contribution < -0.4 is 4.90 Å². The van der Waals surface area contributed by atoms with Gasteiger partial charge in [-0.25, -0.2) is 9.37 Å². The molecule has 0 atom stereocenters. The van der Waals surface area contributed by atoms with Gasteiger partial charge in [-0.1, -0.05) is 23.2 Å². The Hall–Kier alpha value is -1.98. The second kappa shape index (κ2) is 5.09. The third kappa shape index (κ3) is 2.39. The van der Waals surface area contributed by atoms with Crippen LogP contribution in [0.25, 0.3) is 0 Å². The summed E-state index contributed by atoms with van der Waals surface area (Å²) in [6, 6.07) is 6.69. The highest BCUT2D eigenvalue weighted by atomic mass is 35.5. The molecule has 2 heterocycles. The van der Waals surface area contributed by atoms with Crippen molar-refractivity contribution >= 4 is 40.6 Å². The van der Waals surface area contributed by atoms with Gasteiger partial charge < -0.3 is 0 Å². The molecular weight excluding hydrogens is 318 g/mol. The van der Waals surface area contributed by atoms with Gasteiger partial charge in [-0.2, -0.15) is 0 Å². The van der Waals surface area contributed by atoms with Crippen LogP contribution in [-0.4, -0.2) is 16.7 Å². The van der Waals surface area contributed by atoms with E-state index in [9.17, 15) is 14.0 Å². The van der Waals surface area contributed by atoms with E-state index in [4.69, 9.17) is 23.2 Å². The van der Waals surface area contributed by atoms with E-state index in [0.29, 0.717) is 16.4 Å². The van der Waals surface area contributed by atoms with Gasteiger partial charge in [-0.3, -0.25) is 14.5 Å². The summed E-state index contributed by atoms with van der Waals surface area (Å²) in [5.74, 6) is -2.06. The lowest BCUT2D eigenvalue weighted by Crippen LogP contribution is -2.29. The molecule has 0 N–H and O–H groups in total. The summed E-state index contributed by atoms with van der Waals surface area (Å²) in [7, 11) is 0. The third-order valence-electron chi connectivity index (χ3n) is 3.13. The Labute approximate surface area is 129 Å². The van der Waals surface area contributed by atoms with Crippen LogP contribution in [0.5, 0.6) is 0 Å². The van der Waals surface area contributed by atoms with E-state index in [1.54, 1.807) is 6.07 Å². The summed E-state index contributed by atoms with van der Waals surface area (Å²) in [5, 5.41) is 0.557. The molecule has 7 heteroatoms. The minimum atomic E-state index is -0.748. The molecule has 21 heavy (non-hydrogen) atoms. The highest BCUT2D eigenvalue weighted by Crippen LogP contribution is 2.31. The molecule has 1 aromatic heterocycles. The summed E-state index contributed by atoms with van der Waals surface area (Å²) < 4.78 is 13.2. The zero-order chi connectivity index (χ0) is 15.1. The predicted octanol–water partition coefficient (Wildman–Crippen LogP) is 3.26. The maximum absolute atomic E-state index is 13.2. The summed E-state index contributed by atoms with van der Waals surface area (Å²) >= 11 is 11.8. The van der Waals surface area contributed by atoms with Crippen LogP contribution in [0, 0.1) is 5.82 Å². The number of fused-ring (bicyclic) bond motifs is 1. The van der Waals surface area contributed by atoms with E-state index in [2.05, 4.69) is 4.98 Å². The first-order valence-electron chi connectivity index (χ1n) is 5.94. The number of benzene rings is 1. The van der Waals surface area contributed by atoms with E-state index in [1.807, 2.05) is 0 Å². The number of hydrogen-bond acceptors (Lipinski definition) is 3. The molecule has 0 saturated heterocycles. The van der Waals surface area contributed by atoms with Crippen molar-refractivity contribution in [1.82, 2.24) is 4.98 Å². The summed E-state index contributed by atoms with van der Waals surface area (Å²) in [4.78, 5) is 29.1. The fraction of sp³-hybridized carbons (Fsp3) is 0.0714. The Morgan fingerprint density at radius 2 is 1.90 bits per heavy atom. The van der Waals surface area contributed by atoms with Gasteiger partial charge in [0.1, 0.15) is 11.0 Å². The monoisotopic (exact) mass is 324 g/mol. The smallest absolute Gasteiger partial charge is 0.299 e. The quantitative estimate of drug-likeness (QED) is 0.629. The zero-order valence-electron chi connectivity index (χ0n) is 10.4. The van der Waals surface area contributed by atoms with Crippen LogP contribution in [0.4, 0.5) is 10.1 Å². The van der Waals surface area contributed by atoms with Crippen LogP contribution >= 0.6 is 23.2 Å². The van der Waals surface area contributed by atoms with E-state index in [-0.39, 0.29) is 17.3 Å². The molecule has 0 spiro atoms. The van der Waals surface area contributed by atoms with E-state index >= 15 is 0 Å². The number of rotatable bonds is 2. The normalized spacial score (nSPS) is 13.8. The lowest BCUT2D eigenvalue weighted by Gasteiger charge is -2.16. The van der Waals surface area contributed by atoms with E-state index in [0.717, 1.165) is 6.07 Å². The van der Waals surface area contributed by atoms with Gasteiger partial charge in [0.2, 0.25) is 0 Å². The molecule has 0 unspecified atom stereocenters. The topological polar surface area (TPSA) is 50.3 Å². The van der Waals surface area contributed by atoms with Crippen LogP contribution in [0.15, 0.2) is 30.3 Å². The molecule has 106 valence electrons. The maximum Gasteiger partial charge on any atom is 0.299 e. The fourth-order valence-corrected chi connectivity index (χ4v) is 2.48. The number of hydrogen-bond donors (Lipinski definition) is 0. The Morgan fingerprint density at radius 1 is 1.14 bits per heavy atom. The molecule has 0 fully saturated rings. The minimum absolute atomic E-state index is 0.0113. The Balaban J connectivity index is 2.02. The second-order valence-corrected chi connectivity index (χ2v) is 5.24. The van der Waals surface area contributed by atoms with Gasteiger partial charge >= 0.3 is 0 Å². The van der Waals surface area contributed by atoms with Gasteiger partial charge in [-0.05, 0) is 30.3 Å². The average Bonchev–Trinajstić information content (AvgIpc) is 2.68.